The molecule has 126 valence electrons. The highest BCUT2D eigenvalue weighted by Crippen LogP contribution is 2.27. The summed E-state index contributed by atoms with van der Waals surface area (Å²) in [6.07, 6.45) is 1.03. The van der Waals surface area contributed by atoms with Crippen molar-refractivity contribution in [2.24, 2.45) is 5.92 Å². The fourth-order valence-corrected chi connectivity index (χ4v) is 3.49. The predicted octanol–water partition coefficient (Wildman–Crippen LogP) is 2.45. The number of rotatable bonds is 4. The van der Waals surface area contributed by atoms with E-state index in [2.05, 4.69) is 22.5 Å². The van der Waals surface area contributed by atoms with E-state index < -0.39 is 4.92 Å². The molecule has 2 N–H and O–H groups in total. The number of nitro benzene ring substituents is 1. The van der Waals surface area contributed by atoms with Crippen LogP contribution in [0.5, 0.6) is 0 Å². The zero-order valence-electron chi connectivity index (χ0n) is 13.2. The number of piperidine rings is 1. The first-order valence-electron chi connectivity index (χ1n) is 7.76. The Balaban J connectivity index is 1.74. The largest absolute Gasteiger partial charge is 0.346 e. The highest BCUT2D eigenvalue weighted by Gasteiger charge is 2.24. The number of carbonyl (C=O) groups excluding carboxylic acids is 1. The van der Waals surface area contributed by atoms with Crippen LogP contribution in [0.1, 0.15) is 23.8 Å². The van der Waals surface area contributed by atoms with Crippen LogP contribution in [0.25, 0.3) is 10.6 Å². The molecule has 2 atom stereocenters. The van der Waals surface area contributed by atoms with E-state index in [1.807, 2.05) is 0 Å². The third-order valence-electron chi connectivity index (χ3n) is 4.18. The molecule has 0 radical (unpaired) electrons. The van der Waals surface area contributed by atoms with E-state index >= 15 is 0 Å². The summed E-state index contributed by atoms with van der Waals surface area (Å²) >= 11 is 1.30. The number of hydrogen-bond acceptors (Lipinski definition) is 6. The molecule has 1 aromatic heterocycles. The van der Waals surface area contributed by atoms with Crippen molar-refractivity contribution in [3.63, 3.8) is 0 Å². The Morgan fingerprint density at radius 2 is 2.33 bits per heavy atom. The van der Waals surface area contributed by atoms with E-state index in [0.29, 0.717) is 22.2 Å². The molecule has 7 nitrogen and oxygen atoms in total. The molecular weight excluding hydrogens is 328 g/mol. The number of aromatic nitrogens is 1. The lowest BCUT2D eigenvalue weighted by atomic mass is 9.95. The van der Waals surface area contributed by atoms with E-state index in [-0.39, 0.29) is 17.6 Å². The smallest absolute Gasteiger partial charge is 0.271 e. The van der Waals surface area contributed by atoms with Gasteiger partial charge in [0.25, 0.3) is 11.6 Å². The highest BCUT2D eigenvalue weighted by atomic mass is 32.1. The Hall–Kier alpha value is -2.32. The van der Waals surface area contributed by atoms with Crippen molar-refractivity contribution in [1.82, 2.24) is 15.6 Å². The fraction of sp³-hybridized carbons (Fsp3) is 0.375. The fourth-order valence-electron chi connectivity index (χ4n) is 2.69. The summed E-state index contributed by atoms with van der Waals surface area (Å²) in [5, 5.41) is 19.4. The van der Waals surface area contributed by atoms with E-state index in [4.69, 9.17) is 0 Å². The lowest BCUT2D eigenvalue weighted by Gasteiger charge is -2.29. The molecule has 0 bridgehead atoms. The zero-order valence-corrected chi connectivity index (χ0v) is 14.0. The lowest BCUT2D eigenvalue weighted by Crippen LogP contribution is -2.50. The topological polar surface area (TPSA) is 97.2 Å². The second kappa shape index (κ2) is 7.06. The van der Waals surface area contributed by atoms with Crippen LogP contribution in [0.2, 0.25) is 0 Å². The monoisotopic (exact) mass is 346 g/mol. The van der Waals surface area contributed by atoms with Crippen LogP contribution in [0.4, 0.5) is 5.69 Å². The first-order valence-corrected chi connectivity index (χ1v) is 8.64. The number of amides is 1. The maximum atomic E-state index is 12.4. The van der Waals surface area contributed by atoms with Crippen molar-refractivity contribution in [3.8, 4) is 10.6 Å². The van der Waals surface area contributed by atoms with Gasteiger partial charge in [0.1, 0.15) is 10.7 Å². The molecule has 1 aliphatic rings. The molecule has 0 spiro atoms. The van der Waals surface area contributed by atoms with Crippen molar-refractivity contribution >= 4 is 22.9 Å². The Morgan fingerprint density at radius 1 is 1.50 bits per heavy atom. The van der Waals surface area contributed by atoms with Gasteiger partial charge < -0.3 is 10.6 Å². The summed E-state index contributed by atoms with van der Waals surface area (Å²) in [7, 11) is 0. The average molecular weight is 346 g/mol. The Bertz CT molecular complexity index is 761. The van der Waals surface area contributed by atoms with Crippen molar-refractivity contribution in [1.29, 1.82) is 0 Å². The van der Waals surface area contributed by atoms with Crippen molar-refractivity contribution < 1.29 is 9.72 Å². The third kappa shape index (κ3) is 3.60. The van der Waals surface area contributed by atoms with Gasteiger partial charge in [-0.1, -0.05) is 19.1 Å². The number of hydrogen-bond donors (Lipinski definition) is 2. The lowest BCUT2D eigenvalue weighted by molar-refractivity contribution is -0.384. The van der Waals surface area contributed by atoms with E-state index in [0.717, 1.165) is 19.5 Å². The molecule has 3 rings (SSSR count). The van der Waals surface area contributed by atoms with Crippen LogP contribution in [-0.2, 0) is 0 Å². The number of nitrogens with one attached hydrogen (secondary N) is 2. The van der Waals surface area contributed by atoms with Gasteiger partial charge in [-0.25, -0.2) is 4.98 Å². The molecule has 1 aromatic carbocycles. The minimum absolute atomic E-state index is 0.0100. The molecule has 1 fully saturated rings. The molecule has 8 heteroatoms. The van der Waals surface area contributed by atoms with E-state index in [1.165, 1.54) is 23.5 Å². The van der Waals surface area contributed by atoms with Crippen LogP contribution in [0.3, 0.4) is 0 Å². The van der Waals surface area contributed by atoms with E-state index in [9.17, 15) is 14.9 Å². The molecule has 0 aliphatic carbocycles. The summed E-state index contributed by atoms with van der Waals surface area (Å²) in [5.41, 5.74) is 0.996. The summed E-state index contributed by atoms with van der Waals surface area (Å²) in [6.45, 7) is 3.86. The summed E-state index contributed by atoms with van der Waals surface area (Å²) < 4.78 is 0. The first kappa shape index (κ1) is 16.5. The number of carbonyl (C=O) groups is 1. The van der Waals surface area contributed by atoms with Gasteiger partial charge >= 0.3 is 0 Å². The van der Waals surface area contributed by atoms with Crippen LogP contribution in [0, 0.1) is 16.0 Å². The normalized spacial score (nSPS) is 20.5. The van der Waals surface area contributed by atoms with Gasteiger partial charge in [-0.2, -0.15) is 0 Å². The number of nitrogens with zero attached hydrogens (tertiary/aromatic N) is 2. The summed E-state index contributed by atoms with van der Waals surface area (Å²) in [6, 6.07) is 6.36. The third-order valence-corrected chi connectivity index (χ3v) is 5.08. The second-order valence-electron chi connectivity index (χ2n) is 5.90. The summed E-state index contributed by atoms with van der Waals surface area (Å²) in [5.74, 6) is 0.216. The molecule has 1 amide bonds. The van der Waals surface area contributed by atoms with Gasteiger partial charge in [-0.15, -0.1) is 11.3 Å². The van der Waals surface area contributed by atoms with Crippen molar-refractivity contribution in [3.05, 3.63) is 45.5 Å². The highest BCUT2D eigenvalue weighted by molar-refractivity contribution is 7.13. The Labute approximate surface area is 143 Å². The zero-order chi connectivity index (χ0) is 17.1. The standard InChI is InChI=1S/C16H18N4O3S/c1-10-5-6-17-8-13(10)18-15(21)14-9-24-16(19-14)11-3-2-4-12(7-11)20(22)23/h2-4,7,9-10,13,17H,5-6,8H2,1H3,(H,18,21). The number of thiazole rings is 1. The van der Waals surface area contributed by atoms with Crippen LogP contribution >= 0.6 is 11.3 Å². The Morgan fingerprint density at radius 3 is 3.08 bits per heavy atom. The second-order valence-corrected chi connectivity index (χ2v) is 6.75. The van der Waals surface area contributed by atoms with Crippen molar-refractivity contribution in [2.45, 2.75) is 19.4 Å². The minimum atomic E-state index is -0.442. The molecule has 0 saturated carbocycles. The van der Waals surface area contributed by atoms with Gasteiger partial charge in [-0.05, 0) is 18.9 Å². The minimum Gasteiger partial charge on any atom is -0.346 e. The predicted molar refractivity (Wildman–Crippen MR) is 92.1 cm³/mol. The van der Waals surface area contributed by atoms with Gasteiger partial charge in [0.05, 0.1) is 4.92 Å². The van der Waals surface area contributed by atoms with Gasteiger partial charge in [0.2, 0.25) is 0 Å². The molecule has 2 unspecified atom stereocenters. The van der Waals surface area contributed by atoms with Crippen molar-refractivity contribution in [2.75, 3.05) is 13.1 Å². The van der Waals surface area contributed by atoms with Gasteiger partial charge in [0, 0.05) is 35.7 Å². The van der Waals surface area contributed by atoms with Crippen LogP contribution < -0.4 is 10.6 Å². The SMILES string of the molecule is CC1CCNCC1NC(=O)c1csc(-c2cccc([N+](=O)[O-])c2)n1. The molecule has 2 heterocycles. The number of nitro groups is 1. The molecule has 1 saturated heterocycles. The maximum Gasteiger partial charge on any atom is 0.271 e. The van der Waals surface area contributed by atoms with Gasteiger partial charge in [0.15, 0.2) is 0 Å². The number of benzene rings is 1. The Kier molecular flexibility index (Phi) is 4.86. The molecule has 24 heavy (non-hydrogen) atoms. The van der Waals surface area contributed by atoms with Gasteiger partial charge in [-0.3, -0.25) is 14.9 Å². The van der Waals surface area contributed by atoms with E-state index in [1.54, 1.807) is 17.5 Å². The first-order chi connectivity index (χ1) is 11.5. The summed E-state index contributed by atoms with van der Waals surface area (Å²) in [4.78, 5) is 27.1. The molecule has 2 aromatic rings. The average Bonchev–Trinajstić information content (AvgIpc) is 3.07. The maximum absolute atomic E-state index is 12.4. The quantitative estimate of drug-likeness (QED) is 0.655. The van der Waals surface area contributed by atoms with Crippen LogP contribution in [-0.4, -0.2) is 34.9 Å². The molecular formula is C16H18N4O3S. The van der Waals surface area contributed by atoms with Crippen LogP contribution in [0.15, 0.2) is 29.6 Å². The number of non-ortho nitro benzene ring substituents is 1. The molecule has 1 aliphatic heterocycles.